The van der Waals surface area contributed by atoms with Gasteiger partial charge in [0.1, 0.15) is 0 Å². The van der Waals surface area contributed by atoms with E-state index in [1.165, 1.54) is 0 Å². The number of rotatable bonds is 8. The minimum atomic E-state index is -8.00. The van der Waals surface area contributed by atoms with Crippen molar-refractivity contribution in [2.45, 2.75) is 47.8 Å². The fraction of sp³-hybridized carbons (Fsp3) is 0.727. The summed E-state index contributed by atoms with van der Waals surface area (Å²) in [4.78, 5) is 10.6. The van der Waals surface area contributed by atoms with Crippen LogP contribution in [0, 0.1) is 0 Å². The van der Waals surface area contributed by atoms with Gasteiger partial charge in [0.2, 0.25) is 0 Å². The van der Waals surface area contributed by atoms with Gasteiger partial charge in [-0.15, -0.1) is 0 Å². The first kappa shape index (κ1) is 25.6. The lowest BCUT2D eigenvalue weighted by atomic mass is 9.93. The molecule has 0 radical (unpaired) electrons. The van der Waals surface area contributed by atoms with E-state index < -0.39 is 53.7 Å². The average Bonchev–Trinajstić information content (AvgIpc) is 2.44. The van der Waals surface area contributed by atoms with Crippen LogP contribution in [0.4, 0.5) is 57.1 Å². The maximum Gasteiger partial charge on any atom is 0.460 e. The van der Waals surface area contributed by atoms with Crippen molar-refractivity contribution >= 4 is 17.6 Å². The Morgan fingerprint density at radius 3 is 1.52 bits per heavy atom. The number of hydrogen-bond acceptors (Lipinski definition) is 2. The van der Waals surface area contributed by atoms with Crippen molar-refractivity contribution in [1.82, 2.24) is 0 Å². The molecule has 0 saturated carbocycles. The van der Waals surface area contributed by atoms with Gasteiger partial charge in [0.15, 0.2) is 5.56 Å². The van der Waals surface area contributed by atoms with Crippen molar-refractivity contribution < 1.29 is 66.6 Å². The van der Waals surface area contributed by atoms with E-state index in [-0.39, 0.29) is 6.08 Å². The summed E-state index contributed by atoms with van der Waals surface area (Å²) < 4.78 is 170. The highest BCUT2D eigenvalue weighted by atomic mass is 35.5. The summed E-state index contributed by atoms with van der Waals surface area (Å²) in [5.74, 6) is -39.3. The van der Waals surface area contributed by atoms with Gasteiger partial charge in [-0.25, -0.2) is 4.79 Å². The SMILES string of the molecule is C=CC(=O)OC(Cl)CC(F)(F)C(F)(F)C(F)(F)C(F)(F)C(F)(F)C(F)(F)F. The molecule has 0 heterocycles. The molecule has 0 aromatic carbocycles. The van der Waals surface area contributed by atoms with E-state index in [1.807, 2.05) is 0 Å². The van der Waals surface area contributed by atoms with Crippen molar-refractivity contribution in [3.8, 4) is 0 Å². The summed E-state index contributed by atoms with van der Waals surface area (Å²) in [6.07, 6.45) is -10.1. The van der Waals surface area contributed by atoms with E-state index in [9.17, 15) is 61.9 Å². The van der Waals surface area contributed by atoms with Gasteiger partial charge in [0, 0.05) is 6.08 Å². The van der Waals surface area contributed by atoms with Crippen molar-refractivity contribution in [3.05, 3.63) is 12.7 Å². The van der Waals surface area contributed by atoms with Crippen LogP contribution in [0.25, 0.3) is 0 Å². The van der Waals surface area contributed by atoms with Crippen LogP contribution in [0.2, 0.25) is 0 Å². The molecule has 0 amide bonds. The lowest BCUT2D eigenvalue weighted by Gasteiger charge is -2.40. The first-order valence-electron chi connectivity index (χ1n) is 6.03. The largest absolute Gasteiger partial charge is 0.460 e. The van der Waals surface area contributed by atoms with Crippen LogP contribution in [0.15, 0.2) is 12.7 Å². The van der Waals surface area contributed by atoms with Crippen LogP contribution in [-0.4, -0.2) is 47.3 Å². The van der Waals surface area contributed by atoms with Crippen LogP contribution in [0.1, 0.15) is 6.42 Å². The number of halogens is 14. The zero-order valence-corrected chi connectivity index (χ0v) is 12.9. The molecular formula is C11H6ClF13O2. The zero-order valence-electron chi connectivity index (χ0n) is 12.2. The predicted molar refractivity (Wildman–Crippen MR) is 61.3 cm³/mol. The molecule has 0 aliphatic heterocycles. The quantitative estimate of drug-likeness (QED) is 0.213. The minimum absolute atomic E-state index is 0.234. The number of hydrogen-bond donors (Lipinski definition) is 0. The average molecular weight is 453 g/mol. The molecule has 2 nitrogen and oxygen atoms in total. The summed E-state index contributed by atoms with van der Waals surface area (Å²) in [5, 5.41) is 0. The van der Waals surface area contributed by atoms with Crippen molar-refractivity contribution in [1.29, 1.82) is 0 Å². The molecule has 16 heteroatoms. The number of carbonyl (C=O) groups is 1. The topological polar surface area (TPSA) is 26.3 Å². The Kier molecular flexibility index (Phi) is 6.83. The first-order valence-corrected chi connectivity index (χ1v) is 6.46. The maximum absolute atomic E-state index is 13.3. The molecule has 0 bridgehead atoms. The highest BCUT2D eigenvalue weighted by Gasteiger charge is 2.90. The van der Waals surface area contributed by atoms with Crippen molar-refractivity contribution in [2.75, 3.05) is 0 Å². The molecule has 0 fully saturated rings. The van der Waals surface area contributed by atoms with Gasteiger partial charge in [0.25, 0.3) is 0 Å². The summed E-state index contributed by atoms with van der Waals surface area (Å²) >= 11 is 4.81. The highest BCUT2D eigenvalue weighted by molar-refractivity contribution is 6.20. The minimum Gasteiger partial charge on any atom is -0.443 e. The molecule has 27 heavy (non-hydrogen) atoms. The highest BCUT2D eigenvalue weighted by Crippen LogP contribution is 2.60. The fourth-order valence-electron chi connectivity index (χ4n) is 1.35. The van der Waals surface area contributed by atoms with Gasteiger partial charge in [-0.05, 0) is 0 Å². The number of esters is 1. The summed E-state index contributed by atoms with van der Waals surface area (Å²) in [6, 6.07) is 0. The van der Waals surface area contributed by atoms with E-state index in [1.54, 1.807) is 0 Å². The molecule has 0 N–H and O–H groups in total. The van der Waals surface area contributed by atoms with Gasteiger partial charge in [0.05, 0.1) is 6.42 Å². The molecule has 0 aliphatic rings. The van der Waals surface area contributed by atoms with Gasteiger partial charge in [-0.1, -0.05) is 18.2 Å². The van der Waals surface area contributed by atoms with Gasteiger partial charge >= 0.3 is 41.8 Å². The third kappa shape index (κ3) is 4.21. The first-order chi connectivity index (χ1) is 11.6. The molecule has 160 valence electrons. The fourth-order valence-corrected chi connectivity index (χ4v) is 1.63. The zero-order chi connectivity index (χ0) is 22.3. The lowest BCUT2D eigenvalue weighted by molar-refractivity contribution is -0.440. The Balaban J connectivity index is 6.01. The van der Waals surface area contributed by atoms with Crippen molar-refractivity contribution in [2.24, 2.45) is 0 Å². The van der Waals surface area contributed by atoms with Crippen LogP contribution in [0.3, 0.4) is 0 Å². The second-order valence-electron chi connectivity index (χ2n) is 4.75. The van der Waals surface area contributed by atoms with Crippen molar-refractivity contribution in [3.63, 3.8) is 0 Å². The molecule has 1 unspecified atom stereocenters. The van der Waals surface area contributed by atoms with E-state index in [0.29, 0.717) is 0 Å². The second kappa shape index (κ2) is 7.20. The van der Waals surface area contributed by atoms with Crippen LogP contribution >= 0.6 is 11.6 Å². The van der Waals surface area contributed by atoms with Gasteiger partial charge in [-0.2, -0.15) is 57.1 Å². The van der Waals surface area contributed by atoms with Gasteiger partial charge in [-0.3, -0.25) is 0 Å². The van der Waals surface area contributed by atoms with E-state index >= 15 is 0 Å². The molecular weight excluding hydrogens is 447 g/mol. The van der Waals surface area contributed by atoms with E-state index in [2.05, 4.69) is 11.3 Å². The molecule has 0 spiro atoms. The van der Waals surface area contributed by atoms with Gasteiger partial charge < -0.3 is 4.74 Å². The molecule has 0 aromatic heterocycles. The smallest absolute Gasteiger partial charge is 0.443 e. The summed E-state index contributed by atoms with van der Waals surface area (Å²) in [7, 11) is 0. The third-order valence-corrected chi connectivity index (χ3v) is 3.07. The molecule has 1 atom stereocenters. The Bertz CT molecular complexity index is 569. The number of ether oxygens (including phenoxy) is 1. The van der Waals surface area contributed by atoms with E-state index in [0.717, 1.165) is 0 Å². The molecule has 0 aromatic rings. The van der Waals surface area contributed by atoms with Crippen LogP contribution in [0.5, 0.6) is 0 Å². The van der Waals surface area contributed by atoms with Crippen LogP contribution < -0.4 is 0 Å². The monoisotopic (exact) mass is 452 g/mol. The Morgan fingerprint density at radius 2 is 1.19 bits per heavy atom. The molecule has 0 saturated heterocycles. The second-order valence-corrected chi connectivity index (χ2v) is 5.24. The Labute approximate surface area is 145 Å². The predicted octanol–water partition coefficient (Wildman–Crippen LogP) is 5.41. The standard InChI is InChI=1S/C11H6ClF13O2/c1-2-5(26)27-4(12)3-6(13,14)7(15,16)8(17,18)9(19,20)10(21,22)11(23,24)25/h2,4H,1,3H2. The maximum atomic E-state index is 13.3. The third-order valence-electron chi connectivity index (χ3n) is 2.83. The number of carbonyl (C=O) groups excluding carboxylic acids is 1. The molecule has 0 aliphatic carbocycles. The summed E-state index contributed by atoms with van der Waals surface area (Å²) in [5.41, 5.74) is -2.89. The molecule has 0 rings (SSSR count). The number of alkyl halides is 14. The lowest BCUT2D eigenvalue weighted by Crippen LogP contribution is -2.70. The Morgan fingerprint density at radius 1 is 0.815 bits per heavy atom. The normalized spacial score (nSPS) is 16.1. The van der Waals surface area contributed by atoms with Crippen LogP contribution in [-0.2, 0) is 9.53 Å². The summed E-state index contributed by atoms with van der Waals surface area (Å²) in [6.45, 7) is 2.70. The Hall–Kier alpha value is -1.41. The van der Waals surface area contributed by atoms with E-state index in [4.69, 9.17) is 11.6 Å².